The normalized spacial score (nSPS) is 12.4. The Labute approximate surface area is 135 Å². The van der Waals surface area contributed by atoms with Crippen LogP contribution in [0.5, 0.6) is 5.75 Å². The monoisotopic (exact) mass is 335 g/mol. The highest BCUT2D eigenvalue weighted by molar-refractivity contribution is 7.90. The molecule has 0 fully saturated rings. The molecule has 2 rings (SSSR count). The summed E-state index contributed by atoms with van der Waals surface area (Å²) in [7, 11) is -1.24. The van der Waals surface area contributed by atoms with E-state index in [0.717, 1.165) is 0 Å². The Morgan fingerprint density at radius 1 is 1.04 bits per heavy atom. The summed E-state index contributed by atoms with van der Waals surface area (Å²) >= 11 is 0. The molecule has 0 bridgehead atoms. The van der Waals surface area contributed by atoms with Gasteiger partial charge in [0.2, 0.25) is 0 Å². The Bertz CT molecular complexity index is 774. The molecule has 1 atom stereocenters. The van der Waals surface area contributed by atoms with Crippen molar-refractivity contribution in [2.75, 3.05) is 14.2 Å². The predicted octanol–water partition coefficient (Wildman–Crippen LogP) is 1.89. The van der Waals surface area contributed by atoms with Crippen molar-refractivity contribution in [1.82, 2.24) is 4.72 Å². The van der Waals surface area contributed by atoms with Gasteiger partial charge < -0.3 is 9.47 Å². The van der Waals surface area contributed by atoms with Gasteiger partial charge in [-0.1, -0.05) is 36.4 Å². The number of rotatable bonds is 6. The van der Waals surface area contributed by atoms with E-state index < -0.39 is 22.0 Å². The van der Waals surface area contributed by atoms with Crippen LogP contribution in [0.15, 0.2) is 59.5 Å². The SMILES string of the molecule is COc1cccc(S(=O)(=O)NC(=O)C(OC)c2ccccc2)c1. The highest BCUT2D eigenvalue weighted by Gasteiger charge is 2.26. The minimum atomic E-state index is -4.01. The maximum Gasteiger partial charge on any atom is 0.267 e. The molecular formula is C16H17NO5S. The number of benzene rings is 2. The zero-order chi connectivity index (χ0) is 16.9. The van der Waals surface area contributed by atoms with Crippen LogP contribution in [0.4, 0.5) is 0 Å². The number of amides is 1. The second kappa shape index (κ2) is 7.26. The number of hydrogen-bond acceptors (Lipinski definition) is 5. The molecule has 0 radical (unpaired) electrons. The zero-order valence-corrected chi connectivity index (χ0v) is 13.5. The summed E-state index contributed by atoms with van der Waals surface area (Å²) in [6.07, 6.45) is -1.02. The van der Waals surface area contributed by atoms with E-state index in [-0.39, 0.29) is 4.90 Å². The third kappa shape index (κ3) is 4.08. The fourth-order valence-corrected chi connectivity index (χ4v) is 3.05. The van der Waals surface area contributed by atoms with Crippen molar-refractivity contribution in [1.29, 1.82) is 0 Å². The third-order valence-corrected chi connectivity index (χ3v) is 4.51. The van der Waals surface area contributed by atoms with Gasteiger partial charge in [0, 0.05) is 13.2 Å². The van der Waals surface area contributed by atoms with Crippen LogP contribution in [0.3, 0.4) is 0 Å². The summed E-state index contributed by atoms with van der Waals surface area (Å²) in [6, 6.07) is 14.5. The molecule has 6 nitrogen and oxygen atoms in total. The smallest absolute Gasteiger partial charge is 0.267 e. The van der Waals surface area contributed by atoms with E-state index in [9.17, 15) is 13.2 Å². The number of nitrogens with one attached hydrogen (secondary N) is 1. The van der Waals surface area contributed by atoms with Crippen molar-refractivity contribution in [3.05, 3.63) is 60.2 Å². The summed E-state index contributed by atoms with van der Waals surface area (Å²) in [5, 5.41) is 0. The van der Waals surface area contributed by atoms with Gasteiger partial charge in [-0.2, -0.15) is 0 Å². The molecule has 0 saturated carbocycles. The molecule has 7 heteroatoms. The Morgan fingerprint density at radius 2 is 1.74 bits per heavy atom. The van der Waals surface area contributed by atoms with E-state index >= 15 is 0 Å². The van der Waals surface area contributed by atoms with Gasteiger partial charge in [0.15, 0.2) is 6.10 Å². The first-order valence-corrected chi connectivity index (χ1v) is 8.24. The van der Waals surface area contributed by atoms with E-state index in [1.54, 1.807) is 36.4 Å². The maximum absolute atomic E-state index is 12.3. The summed E-state index contributed by atoms with van der Waals surface area (Å²) in [5.74, 6) is -0.381. The lowest BCUT2D eigenvalue weighted by Crippen LogP contribution is -2.35. The van der Waals surface area contributed by atoms with Crippen LogP contribution in [-0.4, -0.2) is 28.5 Å². The van der Waals surface area contributed by atoms with Gasteiger partial charge in [0.05, 0.1) is 12.0 Å². The Balaban J connectivity index is 2.23. The van der Waals surface area contributed by atoms with E-state index in [0.29, 0.717) is 11.3 Å². The molecule has 0 aliphatic carbocycles. The molecule has 0 spiro atoms. The summed E-state index contributed by atoms with van der Waals surface area (Å²) in [4.78, 5) is 12.2. The van der Waals surface area contributed by atoms with E-state index in [1.165, 1.54) is 32.4 Å². The average Bonchev–Trinajstić information content (AvgIpc) is 2.56. The Kier molecular flexibility index (Phi) is 5.36. The van der Waals surface area contributed by atoms with Gasteiger partial charge in [0.1, 0.15) is 5.75 Å². The lowest BCUT2D eigenvalue weighted by molar-refractivity contribution is -0.129. The van der Waals surface area contributed by atoms with Gasteiger partial charge in [-0.25, -0.2) is 13.1 Å². The summed E-state index contributed by atoms with van der Waals surface area (Å²) in [6.45, 7) is 0. The topological polar surface area (TPSA) is 81.7 Å². The number of ether oxygens (including phenoxy) is 2. The highest BCUT2D eigenvalue weighted by Crippen LogP contribution is 2.20. The summed E-state index contributed by atoms with van der Waals surface area (Å²) in [5.41, 5.74) is 0.563. The van der Waals surface area contributed by atoms with Crippen LogP contribution >= 0.6 is 0 Å². The third-order valence-electron chi connectivity index (χ3n) is 3.16. The van der Waals surface area contributed by atoms with Crippen molar-refractivity contribution < 1.29 is 22.7 Å². The van der Waals surface area contributed by atoms with Gasteiger partial charge in [-0.05, 0) is 17.7 Å². The van der Waals surface area contributed by atoms with Crippen LogP contribution in [0.2, 0.25) is 0 Å². The van der Waals surface area contributed by atoms with E-state index in [1.807, 2.05) is 4.72 Å². The summed E-state index contributed by atoms with van der Waals surface area (Å²) < 4.78 is 36.8. The molecule has 2 aromatic carbocycles. The van der Waals surface area contributed by atoms with Crippen molar-refractivity contribution in [2.24, 2.45) is 0 Å². The van der Waals surface area contributed by atoms with Gasteiger partial charge in [-0.3, -0.25) is 4.79 Å². The number of sulfonamides is 1. The van der Waals surface area contributed by atoms with Crippen LogP contribution in [0.25, 0.3) is 0 Å². The standard InChI is InChI=1S/C16H17NO5S/c1-21-13-9-6-10-14(11-13)23(19,20)17-16(18)15(22-2)12-7-4-3-5-8-12/h3-11,15H,1-2H3,(H,17,18). The first-order valence-electron chi connectivity index (χ1n) is 6.76. The lowest BCUT2D eigenvalue weighted by atomic mass is 10.1. The molecule has 1 amide bonds. The molecule has 1 unspecified atom stereocenters. The predicted molar refractivity (Wildman–Crippen MR) is 84.5 cm³/mol. The molecule has 0 aliphatic rings. The molecule has 0 saturated heterocycles. The fraction of sp³-hybridized carbons (Fsp3) is 0.188. The van der Waals surface area contributed by atoms with Crippen LogP contribution < -0.4 is 9.46 Å². The Morgan fingerprint density at radius 3 is 2.35 bits per heavy atom. The largest absolute Gasteiger partial charge is 0.497 e. The van der Waals surface area contributed by atoms with Crippen LogP contribution in [0.1, 0.15) is 11.7 Å². The minimum absolute atomic E-state index is 0.0619. The van der Waals surface area contributed by atoms with Crippen molar-refractivity contribution in [3.63, 3.8) is 0 Å². The van der Waals surface area contributed by atoms with Crippen molar-refractivity contribution >= 4 is 15.9 Å². The number of carbonyl (C=O) groups excluding carboxylic acids is 1. The molecule has 122 valence electrons. The molecular weight excluding hydrogens is 318 g/mol. The quantitative estimate of drug-likeness (QED) is 0.872. The maximum atomic E-state index is 12.3. The molecule has 1 N–H and O–H groups in total. The first-order chi connectivity index (χ1) is 11.0. The fourth-order valence-electron chi connectivity index (χ4n) is 2.04. The van der Waals surface area contributed by atoms with E-state index in [2.05, 4.69) is 0 Å². The second-order valence-corrected chi connectivity index (χ2v) is 6.36. The van der Waals surface area contributed by atoms with Gasteiger partial charge >= 0.3 is 0 Å². The molecule has 0 aliphatic heterocycles. The first kappa shape index (κ1) is 17.0. The van der Waals surface area contributed by atoms with Gasteiger partial charge in [0.25, 0.3) is 15.9 Å². The average molecular weight is 335 g/mol. The molecule has 2 aromatic rings. The van der Waals surface area contributed by atoms with Gasteiger partial charge in [-0.15, -0.1) is 0 Å². The molecule has 0 heterocycles. The van der Waals surface area contributed by atoms with Crippen LogP contribution in [0, 0.1) is 0 Å². The highest BCUT2D eigenvalue weighted by atomic mass is 32.2. The van der Waals surface area contributed by atoms with Crippen LogP contribution in [-0.2, 0) is 19.6 Å². The minimum Gasteiger partial charge on any atom is -0.497 e. The van der Waals surface area contributed by atoms with Crippen molar-refractivity contribution in [2.45, 2.75) is 11.0 Å². The molecule has 23 heavy (non-hydrogen) atoms. The van der Waals surface area contributed by atoms with Crippen molar-refractivity contribution in [3.8, 4) is 5.75 Å². The number of hydrogen-bond donors (Lipinski definition) is 1. The second-order valence-electron chi connectivity index (χ2n) is 4.68. The lowest BCUT2D eigenvalue weighted by Gasteiger charge is -2.16. The number of methoxy groups -OCH3 is 2. The Hall–Kier alpha value is -2.38. The van der Waals surface area contributed by atoms with E-state index in [4.69, 9.17) is 9.47 Å². The number of carbonyl (C=O) groups is 1. The molecule has 0 aromatic heterocycles. The zero-order valence-electron chi connectivity index (χ0n) is 12.7.